The Hall–Kier alpha value is -1.96. The van der Waals surface area contributed by atoms with Gasteiger partial charge in [0.05, 0.1) is 12.2 Å². The monoisotopic (exact) mass is 319 g/mol. The molecule has 1 aromatic carbocycles. The SMILES string of the molecule is O=C(O)N1CCC(C(CO)Oc2ccc(C(F)(F)F)cc2)C1. The highest BCUT2D eigenvalue weighted by Gasteiger charge is 2.33. The van der Waals surface area contributed by atoms with Gasteiger partial charge < -0.3 is 19.8 Å². The summed E-state index contributed by atoms with van der Waals surface area (Å²) in [6, 6.07) is 4.19. The predicted molar refractivity (Wildman–Crippen MR) is 70.7 cm³/mol. The minimum atomic E-state index is -4.41. The summed E-state index contributed by atoms with van der Waals surface area (Å²) in [7, 11) is 0. The zero-order chi connectivity index (χ0) is 16.3. The van der Waals surface area contributed by atoms with E-state index in [0.29, 0.717) is 13.0 Å². The third kappa shape index (κ3) is 3.82. The van der Waals surface area contributed by atoms with Gasteiger partial charge in [-0.2, -0.15) is 13.2 Å². The Balaban J connectivity index is 2.00. The van der Waals surface area contributed by atoms with Gasteiger partial charge in [-0.1, -0.05) is 0 Å². The van der Waals surface area contributed by atoms with Gasteiger partial charge in [-0.15, -0.1) is 0 Å². The predicted octanol–water partition coefficient (Wildman–Crippen LogP) is 2.45. The number of carbonyl (C=O) groups is 1. The largest absolute Gasteiger partial charge is 0.488 e. The molecule has 122 valence electrons. The van der Waals surface area contributed by atoms with Crippen LogP contribution in [-0.2, 0) is 6.18 Å². The molecule has 0 bridgehead atoms. The van der Waals surface area contributed by atoms with Gasteiger partial charge in [0.1, 0.15) is 11.9 Å². The molecule has 2 atom stereocenters. The molecule has 1 aromatic rings. The highest BCUT2D eigenvalue weighted by Crippen LogP contribution is 2.31. The third-order valence-electron chi connectivity index (χ3n) is 3.67. The van der Waals surface area contributed by atoms with Crippen molar-refractivity contribution in [2.45, 2.75) is 18.7 Å². The van der Waals surface area contributed by atoms with Gasteiger partial charge in [0.25, 0.3) is 0 Å². The molecule has 8 heteroatoms. The van der Waals surface area contributed by atoms with E-state index >= 15 is 0 Å². The van der Waals surface area contributed by atoms with Crippen LogP contribution in [0, 0.1) is 5.92 Å². The van der Waals surface area contributed by atoms with Crippen LogP contribution in [0.2, 0.25) is 0 Å². The Morgan fingerprint density at radius 2 is 2.00 bits per heavy atom. The highest BCUT2D eigenvalue weighted by molar-refractivity contribution is 5.65. The number of aliphatic hydroxyl groups excluding tert-OH is 1. The summed E-state index contributed by atoms with van der Waals surface area (Å²) < 4.78 is 42.9. The van der Waals surface area contributed by atoms with E-state index in [1.807, 2.05) is 0 Å². The van der Waals surface area contributed by atoms with E-state index in [0.717, 1.165) is 12.1 Å². The van der Waals surface area contributed by atoms with Crippen LogP contribution < -0.4 is 4.74 Å². The number of amides is 1. The lowest BCUT2D eigenvalue weighted by Gasteiger charge is -2.23. The molecule has 2 N–H and O–H groups in total. The molecule has 0 radical (unpaired) electrons. The van der Waals surface area contributed by atoms with Crippen LogP contribution in [0.15, 0.2) is 24.3 Å². The molecule has 2 rings (SSSR count). The van der Waals surface area contributed by atoms with Crippen molar-refractivity contribution in [2.24, 2.45) is 5.92 Å². The lowest BCUT2D eigenvalue weighted by atomic mass is 10.0. The lowest BCUT2D eigenvalue weighted by molar-refractivity contribution is -0.137. The second kappa shape index (κ2) is 6.43. The number of rotatable bonds is 4. The summed E-state index contributed by atoms with van der Waals surface area (Å²) in [6.07, 6.45) is -5.56. The fourth-order valence-corrected chi connectivity index (χ4v) is 2.44. The van der Waals surface area contributed by atoms with Gasteiger partial charge >= 0.3 is 12.3 Å². The summed E-state index contributed by atoms with van der Waals surface area (Å²) in [5, 5.41) is 18.3. The maximum atomic E-state index is 12.5. The second-order valence-electron chi connectivity index (χ2n) is 5.14. The molecule has 1 aliphatic heterocycles. The topological polar surface area (TPSA) is 70.0 Å². The number of aliphatic hydroxyl groups is 1. The van der Waals surface area contributed by atoms with Crippen LogP contribution in [-0.4, -0.2) is 47.0 Å². The Labute approximate surface area is 124 Å². The Bertz CT molecular complexity index is 518. The van der Waals surface area contributed by atoms with Gasteiger partial charge in [0.15, 0.2) is 0 Å². The van der Waals surface area contributed by atoms with Crippen molar-refractivity contribution in [2.75, 3.05) is 19.7 Å². The fraction of sp³-hybridized carbons (Fsp3) is 0.500. The first-order valence-corrected chi connectivity index (χ1v) is 6.74. The molecule has 2 unspecified atom stereocenters. The molecule has 1 amide bonds. The molecule has 1 fully saturated rings. The Kier molecular flexibility index (Phi) is 4.80. The first kappa shape index (κ1) is 16.4. The second-order valence-corrected chi connectivity index (χ2v) is 5.14. The Morgan fingerprint density at radius 1 is 1.36 bits per heavy atom. The van der Waals surface area contributed by atoms with Crippen LogP contribution in [0.5, 0.6) is 5.75 Å². The molecule has 1 saturated heterocycles. The summed E-state index contributed by atoms with van der Waals surface area (Å²) in [5.74, 6) is 0.0178. The number of alkyl halides is 3. The average molecular weight is 319 g/mol. The molecule has 22 heavy (non-hydrogen) atoms. The van der Waals surface area contributed by atoms with Crippen molar-refractivity contribution < 1.29 is 32.9 Å². The van der Waals surface area contributed by atoms with Crippen LogP contribution in [0.3, 0.4) is 0 Å². The molecular formula is C14H16F3NO4. The average Bonchev–Trinajstić information content (AvgIpc) is 2.94. The first-order valence-electron chi connectivity index (χ1n) is 6.74. The number of benzene rings is 1. The Morgan fingerprint density at radius 3 is 2.45 bits per heavy atom. The number of carboxylic acid groups (broad SMARTS) is 1. The summed E-state index contributed by atoms with van der Waals surface area (Å²) in [5.41, 5.74) is -0.779. The van der Waals surface area contributed by atoms with Gasteiger partial charge in [0, 0.05) is 19.0 Å². The lowest BCUT2D eigenvalue weighted by Crippen LogP contribution is -2.34. The maximum absolute atomic E-state index is 12.5. The molecule has 0 aromatic heterocycles. The molecule has 0 saturated carbocycles. The van der Waals surface area contributed by atoms with Crippen LogP contribution in [0.25, 0.3) is 0 Å². The quantitative estimate of drug-likeness (QED) is 0.894. The fourth-order valence-electron chi connectivity index (χ4n) is 2.44. The molecule has 0 aliphatic carbocycles. The van der Waals surface area contributed by atoms with Gasteiger partial charge in [0.2, 0.25) is 0 Å². The normalized spacial score (nSPS) is 20.0. The van der Waals surface area contributed by atoms with E-state index in [1.165, 1.54) is 17.0 Å². The molecule has 1 aliphatic rings. The van der Waals surface area contributed by atoms with E-state index in [1.54, 1.807) is 0 Å². The number of nitrogens with zero attached hydrogens (tertiary/aromatic N) is 1. The van der Waals surface area contributed by atoms with Crippen molar-refractivity contribution in [1.29, 1.82) is 0 Å². The van der Waals surface area contributed by atoms with E-state index in [2.05, 4.69) is 0 Å². The zero-order valence-electron chi connectivity index (χ0n) is 11.6. The van der Waals surface area contributed by atoms with Crippen molar-refractivity contribution in [3.8, 4) is 5.75 Å². The van der Waals surface area contributed by atoms with Crippen LogP contribution in [0.4, 0.5) is 18.0 Å². The van der Waals surface area contributed by atoms with Crippen LogP contribution in [0.1, 0.15) is 12.0 Å². The zero-order valence-corrected chi connectivity index (χ0v) is 11.6. The van der Waals surface area contributed by atoms with Crippen molar-refractivity contribution in [3.63, 3.8) is 0 Å². The van der Waals surface area contributed by atoms with E-state index in [-0.39, 0.29) is 24.8 Å². The number of hydrogen-bond donors (Lipinski definition) is 2. The van der Waals surface area contributed by atoms with Crippen molar-refractivity contribution >= 4 is 6.09 Å². The van der Waals surface area contributed by atoms with Crippen molar-refractivity contribution in [1.82, 2.24) is 4.90 Å². The summed E-state index contributed by atoms with van der Waals surface area (Å²) in [6.45, 7) is 0.257. The van der Waals surface area contributed by atoms with Crippen molar-refractivity contribution in [3.05, 3.63) is 29.8 Å². The highest BCUT2D eigenvalue weighted by atomic mass is 19.4. The maximum Gasteiger partial charge on any atom is 0.416 e. The van der Waals surface area contributed by atoms with E-state index in [4.69, 9.17) is 9.84 Å². The summed E-state index contributed by atoms with van der Waals surface area (Å²) in [4.78, 5) is 12.1. The summed E-state index contributed by atoms with van der Waals surface area (Å²) >= 11 is 0. The molecule has 1 heterocycles. The van der Waals surface area contributed by atoms with Gasteiger partial charge in [-0.25, -0.2) is 4.79 Å². The standard InChI is InChI=1S/C14H16F3NO4/c15-14(16,17)10-1-3-11(4-2-10)22-12(8-19)9-5-6-18(7-9)13(20)21/h1-4,9,12,19H,5-8H2,(H,20,21). The number of ether oxygens (including phenoxy) is 1. The third-order valence-corrected chi connectivity index (χ3v) is 3.67. The number of halogens is 3. The number of likely N-dealkylation sites (tertiary alicyclic amines) is 1. The van der Waals surface area contributed by atoms with E-state index < -0.39 is 23.9 Å². The minimum Gasteiger partial charge on any atom is -0.488 e. The minimum absolute atomic E-state index is 0.191. The smallest absolute Gasteiger partial charge is 0.416 e. The van der Waals surface area contributed by atoms with Crippen LogP contribution >= 0.6 is 0 Å². The van der Waals surface area contributed by atoms with Gasteiger partial charge in [-0.3, -0.25) is 0 Å². The van der Waals surface area contributed by atoms with E-state index in [9.17, 15) is 23.1 Å². The molecule has 0 spiro atoms. The number of hydrogen-bond acceptors (Lipinski definition) is 3. The molecular weight excluding hydrogens is 303 g/mol. The van der Waals surface area contributed by atoms with Gasteiger partial charge in [-0.05, 0) is 30.7 Å². The first-order chi connectivity index (χ1) is 10.3. The molecule has 5 nitrogen and oxygen atoms in total.